The summed E-state index contributed by atoms with van der Waals surface area (Å²) in [6.07, 6.45) is 0. The zero-order valence-corrected chi connectivity index (χ0v) is 17.1. The number of hydrogen-bond acceptors (Lipinski definition) is 3. The number of amides is 2. The van der Waals surface area contributed by atoms with E-state index in [9.17, 15) is 9.59 Å². The predicted octanol–water partition coefficient (Wildman–Crippen LogP) is 3.02. The number of morpholine rings is 1. The number of carbonyl (C=O) groups is 2. The zero-order valence-electron chi connectivity index (χ0n) is 17.1. The fourth-order valence-electron chi connectivity index (χ4n) is 4.54. The lowest BCUT2D eigenvalue weighted by Gasteiger charge is -2.31. The molecule has 0 spiro atoms. The van der Waals surface area contributed by atoms with Crippen LogP contribution in [0.2, 0.25) is 0 Å². The Hall–Kier alpha value is -2.66. The van der Waals surface area contributed by atoms with Gasteiger partial charge in [-0.3, -0.25) is 9.59 Å². The molecule has 2 aromatic rings. The van der Waals surface area contributed by atoms with Gasteiger partial charge in [-0.25, -0.2) is 0 Å². The molecule has 2 unspecified atom stereocenters. The maximum atomic E-state index is 13.4. The van der Waals surface area contributed by atoms with Crippen LogP contribution in [0.1, 0.15) is 33.0 Å². The van der Waals surface area contributed by atoms with Crippen LogP contribution in [0.25, 0.3) is 0 Å². The van der Waals surface area contributed by atoms with Crippen molar-refractivity contribution in [1.29, 1.82) is 0 Å². The summed E-state index contributed by atoms with van der Waals surface area (Å²) in [5.74, 6) is -0.0534. The highest BCUT2D eigenvalue weighted by molar-refractivity contribution is 5.96. The number of aryl methyl sites for hydroxylation is 2. The van der Waals surface area contributed by atoms with E-state index in [0.717, 1.165) is 11.1 Å². The molecule has 0 aliphatic carbocycles. The number of benzene rings is 2. The molecule has 0 bridgehead atoms. The van der Waals surface area contributed by atoms with Crippen LogP contribution < -0.4 is 0 Å². The SMILES string of the molecule is Cc1ccccc1C(=O)N1CC(C(=O)N2CCOCC2)C(c2ccccc2C)C1. The molecular formula is C24H28N2O3. The molecule has 2 aliphatic heterocycles. The normalized spacial score (nSPS) is 22.0. The second kappa shape index (κ2) is 8.37. The van der Waals surface area contributed by atoms with Crippen LogP contribution in [0.4, 0.5) is 0 Å². The van der Waals surface area contributed by atoms with Crippen molar-refractivity contribution in [3.63, 3.8) is 0 Å². The predicted molar refractivity (Wildman–Crippen MR) is 112 cm³/mol. The Labute approximate surface area is 172 Å². The number of likely N-dealkylation sites (tertiary alicyclic amines) is 1. The van der Waals surface area contributed by atoms with Gasteiger partial charge in [0.2, 0.25) is 5.91 Å². The minimum Gasteiger partial charge on any atom is -0.378 e. The maximum absolute atomic E-state index is 13.4. The quantitative estimate of drug-likeness (QED) is 0.807. The molecule has 5 nitrogen and oxygen atoms in total. The molecule has 0 radical (unpaired) electrons. The first-order valence-electron chi connectivity index (χ1n) is 10.3. The second-order valence-corrected chi connectivity index (χ2v) is 8.03. The zero-order chi connectivity index (χ0) is 20.4. The first-order valence-corrected chi connectivity index (χ1v) is 10.3. The van der Waals surface area contributed by atoms with E-state index in [1.165, 1.54) is 11.1 Å². The Kier molecular flexibility index (Phi) is 5.67. The van der Waals surface area contributed by atoms with Crippen molar-refractivity contribution >= 4 is 11.8 Å². The van der Waals surface area contributed by atoms with E-state index in [-0.39, 0.29) is 23.7 Å². The molecule has 2 saturated heterocycles. The Balaban J connectivity index is 1.64. The molecule has 152 valence electrons. The van der Waals surface area contributed by atoms with Crippen LogP contribution in [-0.4, -0.2) is 61.0 Å². The number of ether oxygens (including phenoxy) is 1. The first-order chi connectivity index (χ1) is 14.1. The van der Waals surface area contributed by atoms with Crippen LogP contribution in [-0.2, 0) is 9.53 Å². The standard InChI is InChI=1S/C24H28N2O3/c1-17-7-3-5-9-19(17)21-15-26(23(27)20-10-6-4-8-18(20)2)16-22(21)24(28)25-11-13-29-14-12-25/h3-10,21-22H,11-16H2,1-2H3. The maximum Gasteiger partial charge on any atom is 0.254 e. The molecule has 2 fully saturated rings. The van der Waals surface area contributed by atoms with Crippen molar-refractivity contribution in [2.45, 2.75) is 19.8 Å². The van der Waals surface area contributed by atoms with Crippen molar-refractivity contribution < 1.29 is 14.3 Å². The van der Waals surface area contributed by atoms with Gasteiger partial charge in [0.15, 0.2) is 0 Å². The van der Waals surface area contributed by atoms with E-state index < -0.39 is 0 Å². The molecule has 2 aromatic carbocycles. The molecule has 2 atom stereocenters. The topological polar surface area (TPSA) is 49.9 Å². The van der Waals surface area contributed by atoms with E-state index in [1.807, 2.05) is 53.1 Å². The summed E-state index contributed by atoms with van der Waals surface area (Å²) in [5, 5.41) is 0. The third kappa shape index (κ3) is 3.92. The van der Waals surface area contributed by atoms with Crippen LogP contribution >= 0.6 is 0 Å². The first kappa shape index (κ1) is 19.6. The highest BCUT2D eigenvalue weighted by atomic mass is 16.5. The molecule has 0 aromatic heterocycles. The van der Waals surface area contributed by atoms with Crippen LogP contribution in [0.15, 0.2) is 48.5 Å². The summed E-state index contributed by atoms with van der Waals surface area (Å²) in [6, 6.07) is 15.9. The van der Waals surface area contributed by atoms with Crippen LogP contribution in [0.3, 0.4) is 0 Å². The molecular weight excluding hydrogens is 364 g/mol. The smallest absolute Gasteiger partial charge is 0.254 e. The highest BCUT2D eigenvalue weighted by Gasteiger charge is 2.43. The van der Waals surface area contributed by atoms with E-state index in [0.29, 0.717) is 39.4 Å². The fraction of sp³-hybridized carbons (Fsp3) is 0.417. The van der Waals surface area contributed by atoms with E-state index in [2.05, 4.69) is 19.1 Å². The number of hydrogen-bond donors (Lipinski definition) is 0. The lowest BCUT2D eigenvalue weighted by molar-refractivity contribution is -0.139. The molecule has 0 N–H and O–H groups in total. The Morgan fingerprint density at radius 1 is 0.862 bits per heavy atom. The van der Waals surface area contributed by atoms with Crippen molar-refractivity contribution in [3.8, 4) is 0 Å². The summed E-state index contributed by atoms with van der Waals surface area (Å²) in [7, 11) is 0. The van der Waals surface area contributed by atoms with Gasteiger partial charge in [-0.1, -0.05) is 42.5 Å². The van der Waals surface area contributed by atoms with Crippen LogP contribution in [0.5, 0.6) is 0 Å². The van der Waals surface area contributed by atoms with Gasteiger partial charge >= 0.3 is 0 Å². The van der Waals surface area contributed by atoms with Crippen LogP contribution in [0, 0.1) is 19.8 Å². The summed E-state index contributed by atoms with van der Waals surface area (Å²) in [6.45, 7) is 7.48. The molecule has 2 aliphatic rings. The third-order valence-electron chi connectivity index (χ3n) is 6.21. The highest BCUT2D eigenvalue weighted by Crippen LogP contribution is 2.36. The lowest BCUT2D eigenvalue weighted by Crippen LogP contribution is -2.45. The van der Waals surface area contributed by atoms with Gasteiger partial charge in [0.1, 0.15) is 0 Å². The van der Waals surface area contributed by atoms with Gasteiger partial charge in [0, 0.05) is 37.7 Å². The average molecular weight is 392 g/mol. The Morgan fingerprint density at radius 3 is 2.21 bits per heavy atom. The van der Waals surface area contributed by atoms with E-state index >= 15 is 0 Å². The van der Waals surface area contributed by atoms with Gasteiger partial charge in [-0.05, 0) is 36.6 Å². The molecule has 2 heterocycles. The van der Waals surface area contributed by atoms with Crippen molar-refractivity contribution in [1.82, 2.24) is 9.80 Å². The fourth-order valence-corrected chi connectivity index (χ4v) is 4.54. The summed E-state index contributed by atoms with van der Waals surface area (Å²) >= 11 is 0. The van der Waals surface area contributed by atoms with Gasteiger partial charge in [-0.15, -0.1) is 0 Å². The summed E-state index contributed by atoms with van der Waals surface area (Å²) in [4.78, 5) is 30.4. The van der Waals surface area contributed by atoms with Crippen molar-refractivity contribution in [2.24, 2.45) is 5.92 Å². The van der Waals surface area contributed by atoms with Crippen molar-refractivity contribution in [3.05, 3.63) is 70.8 Å². The number of nitrogens with zero attached hydrogens (tertiary/aromatic N) is 2. The van der Waals surface area contributed by atoms with E-state index in [4.69, 9.17) is 4.74 Å². The monoisotopic (exact) mass is 392 g/mol. The second-order valence-electron chi connectivity index (χ2n) is 8.03. The largest absolute Gasteiger partial charge is 0.378 e. The molecule has 29 heavy (non-hydrogen) atoms. The molecule has 2 amide bonds. The Morgan fingerprint density at radius 2 is 1.52 bits per heavy atom. The van der Waals surface area contributed by atoms with Gasteiger partial charge in [0.25, 0.3) is 5.91 Å². The third-order valence-corrected chi connectivity index (χ3v) is 6.21. The summed E-state index contributed by atoms with van der Waals surface area (Å²) < 4.78 is 5.42. The summed E-state index contributed by atoms with van der Waals surface area (Å²) in [5.41, 5.74) is 4.02. The van der Waals surface area contributed by atoms with E-state index in [1.54, 1.807) is 0 Å². The minimum atomic E-state index is -0.220. The number of carbonyl (C=O) groups excluding carboxylic acids is 2. The van der Waals surface area contributed by atoms with Gasteiger partial charge in [-0.2, -0.15) is 0 Å². The van der Waals surface area contributed by atoms with Gasteiger partial charge in [0.05, 0.1) is 19.1 Å². The molecule has 4 rings (SSSR count). The van der Waals surface area contributed by atoms with Crippen molar-refractivity contribution in [2.75, 3.05) is 39.4 Å². The molecule has 0 saturated carbocycles. The number of rotatable bonds is 3. The minimum absolute atomic E-state index is 0.0129. The van der Waals surface area contributed by atoms with Gasteiger partial charge < -0.3 is 14.5 Å². The Bertz CT molecular complexity index is 905. The molecule has 5 heteroatoms. The average Bonchev–Trinajstić information content (AvgIpc) is 3.19. The lowest BCUT2D eigenvalue weighted by atomic mass is 9.85.